The van der Waals surface area contributed by atoms with E-state index in [9.17, 15) is 24.5 Å². The van der Waals surface area contributed by atoms with E-state index in [0.717, 1.165) is 15.8 Å². The Morgan fingerprint density at radius 3 is 2.72 bits per heavy atom. The van der Waals surface area contributed by atoms with E-state index in [1.807, 2.05) is 29.6 Å². The molecule has 3 heterocycles. The predicted octanol–water partition coefficient (Wildman–Crippen LogP) is 3.25. The summed E-state index contributed by atoms with van der Waals surface area (Å²) in [6, 6.07) is 12.8. The van der Waals surface area contributed by atoms with Crippen LogP contribution in [-0.2, 0) is 25.7 Å². The van der Waals surface area contributed by atoms with Crippen LogP contribution < -0.4 is 10.6 Å². The highest BCUT2D eigenvalue weighted by Gasteiger charge is 2.52. The molecular weight excluding hydrogens is 504 g/mol. The lowest BCUT2D eigenvalue weighted by atomic mass is 10.1. The van der Waals surface area contributed by atoms with Gasteiger partial charge >= 0.3 is 5.97 Å². The highest BCUT2D eigenvalue weighted by atomic mass is 32.2. The molecule has 0 spiro atoms. The summed E-state index contributed by atoms with van der Waals surface area (Å²) in [6.45, 7) is -0.0705. The van der Waals surface area contributed by atoms with Gasteiger partial charge in [-0.1, -0.05) is 18.2 Å². The van der Waals surface area contributed by atoms with E-state index in [-0.39, 0.29) is 36.4 Å². The number of non-ortho nitro benzene ring substituents is 1. The molecule has 2 aromatic carbocycles. The number of anilines is 1. The topological polar surface area (TPSA) is 131 Å². The molecule has 2 aliphatic rings. The number of nitro groups is 1. The largest absolute Gasteiger partial charge is 0.456 e. The van der Waals surface area contributed by atoms with Crippen molar-refractivity contribution >= 4 is 62.3 Å². The zero-order valence-corrected chi connectivity index (χ0v) is 20.3. The molecule has 0 saturated carbocycles. The van der Waals surface area contributed by atoms with Gasteiger partial charge in [-0.25, -0.2) is 4.79 Å². The molecule has 0 bridgehead atoms. The Bertz CT molecular complexity index is 1390. The number of thioether (sulfide) groups is 1. The number of esters is 1. The monoisotopic (exact) mass is 524 g/mol. The van der Waals surface area contributed by atoms with Crippen molar-refractivity contribution < 1.29 is 24.0 Å². The zero-order valence-electron chi connectivity index (χ0n) is 18.7. The molecule has 1 unspecified atom stereocenters. The number of thiophene rings is 1. The van der Waals surface area contributed by atoms with Crippen molar-refractivity contribution in [3.05, 3.63) is 81.4 Å². The lowest BCUT2D eigenvalue weighted by Crippen LogP contribution is -2.70. The Morgan fingerprint density at radius 1 is 1.17 bits per heavy atom. The van der Waals surface area contributed by atoms with E-state index in [4.69, 9.17) is 4.74 Å². The SMILES string of the molecule is O=C(CNc1csc2ccccc12)NC1C(=O)N2C(C(=O)OCc3ccc([N+](=O)[O-])cc3)=CCS[C@@H]12. The molecule has 5 rings (SSSR count). The van der Waals surface area contributed by atoms with Crippen molar-refractivity contribution in [2.45, 2.75) is 18.0 Å². The van der Waals surface area contributed by atoms with Crippen molar-refractivity contribution in [1.29, 1.82) is 0 Å². The molecule has 2 aliphatic heterocycles. The Balaban J connectivity index is 1.14. The van der Waals surface area contributed by atoms with Gasteiger partial charge in [-0.05, 0) is 29.8 Å². The van der Waals surface area contributed by atoms with Crippen LogP contribution in [0, 0.1) is 10.1 Å². The molecule has 184 valence electrons. The molecule has 12 heteroatoms. The fraction of sp³-hybridized carbons (Fsp3) is 0.208. The van der Waals surface area contributed by atoms with E-state index in [2.05, 4.69) is 10.6 Å². The summed E-state index contributed by atoms with van der Waals surface area (Å²) >= 11 is 3.03. The van der Waals surface area contributed by atoms with Gasteiger partial charge in [-0.3, -0.25) is 24.6 Å². The molecule has 3 aromatic rings. The molecule has 1 aromatic heterocycles. The number of hydrogen-bond acceptors (Lipinski definition) is 9. The summed E-state index contributed by atoms with van der Waals surface area (Å²) < 4.78 is 6.44. The molecule has 0 radical (unpaired) electrons. The third kappa shape index (κ3) is 4.64. The van der Waals surface area contributed by atoms with Crippen LogP contribution >= 0.6 is 23.1 Å². The molecule has 36 heavy (non-hydrogen) atoms. The minimum atomic E-state index is -0.727. The Hall–Kier alpha value is -3.90. The van der Waals surface area contributed by atoms with Gasteiger partial charge in [0, 0.05) is 33.4 Å². The molecule has 0 aliphatic carbocycles. The molecule has 10 nitrogen and oxygen atoms in total. The number of nitrogens with zero attached hydrogens (tertiary/aromatic N) is 2. The lowest BCUT2D eigenvalue weighted by molar-refractivity contribution is -0.384. The van der Waals surface area contributed by atoms with Gasteiger partial charge in [-0.2, -0.15) is 0 Å². The molecule has 2 amide bonds. The summed E-state index contributed by atoms with van der Waals surface area (Å²) in [6.07, 6.45) is 1.62. The standard InChI is InChI=1S/C24H20N4O6S2/c29-20(11-25-17-13-36-19-4-2-1-3-16(17)19)26-21-22(30)27-18(9-10-35-23(21)27)24(31)34-12-14-5-7-15(8-6-14)28(32)33/h1-9,13,21,23,25H,10-12H2,(H,26,29)/t21?,23-/m0/s1. The number of nitro benzene ring substituents is 1. The Kier molecular flexibility index (Phi) is 6.61. The smallest absolute Gasteiger partial charge is 0.355 e. The van der Waals surface area contributed by atoms with Gasteiger partial charge in [0.05, 0.1) is 17.2 Å². The number of benzene rings is 2. The number of carbonyl (C=O) groups excluding carboxylic acids is 3. The van der Waals surface area contributed by atoms with Gasteiger partial charge in [0.25, 0.3) is 11.6 Å². The van der Waals surface area contributed by atoms with E-state index in [1.54, 1.807) is 17.4 Å². The van der Waals surface area contributed by atoms with Gasteiger partial charge in [-0.15, -0.1) is 23.1 Å². The number of fused-ring (bicyclic) bond motifs is 2. The number of β-lactam (4-membered cyclic amide) rings is 1. The minimum absolute atomic E-state index is 0.0157. The second-order valence-corrected chi connectivity index (χ2v) is 10.1. The lowest BCUT2D eigenvalue weighted by Gasteiger charge is -2.48. The Morgan fingerprint density at radius 2 is 1.94 bits per heavy atom. The number of amides is 2. The van der Waals surface area contributed by atoms with Crippen LogP contribution in [0.3, 0.4) is 0 Å². The van der Waals surface area contributed by atoms with Crippen LogP contribution in [0.2, 0.25) is 0 Å². The summed E-state index contributed by atoms with van der Waals surface area (Å²) in [5.41, 5.74) is 1.53. The van der Waals surface area contributed by atoms with Crippen LogP contribution in [-0.4, -0.2) is 51.3 Å². The van der Waals surface area contributed by atoms with Crippen molar-refractivity contribution in [2.24, 2.45) is 0 Å². The normalized spacial score (nSPS) is 18.6. The van der Waals surface area contributed by atoms with Crippen LogP contribution in [0.4, 0.5) is 11.4 Å². The average Bonchev–Trinajstić information content (AvgIpc) is 3.32. The van der Waals surface area contributed by atoms with Gasteiger partial charge < -0.3 is 15.4 Å². The van der Waals surface area contributed by atoms with Gasteiger partial charge in [0.1, 0.15) is 23.7 Å². The quantitative estimate of drug-likeness (QED) is 0.199. The number of rotatable bonds is 8. The van der Waals surface area contributed by atoms with Crippen molar-refractivity contribution in [1.82, 2.24) is 10.2 Å². The summed E-state index contributed by atoms with van der Waals surface area (Å²) in [5.74, 6) is -0.870. The van der Waals surface area contributed by atoms with E-state index < -0.39 is 22.3 Å². The van der Waals surface area contributed by atoms with E-state index >= 15 is 0 Å². The average molecular weight is 525 g/mol. The molecule has 1 saturated heterocycles. The third-order valence-corrected chi connectivity index (χ3v) is 7.96. The van der Waals surface area contributed by atoms with E-state index in [1.165, 1.54) is 40.9 Å². The third-order valence-electron chi connectivity index (χ3n) is 5.81. The van der Waals surface area contributed by atoms with Gasteiger partial charge in [0.2, 0.25) is 5.91 Å². The minimum Gasteiger partial charge on any atom is -0.456 e. The first-order chi connectivity index (χ1) is 17.4. The maximum Gasteiger partial charge on any atom is 0.355 e. The molecule has 1 fully saturated rings. The van der Waals surface area contributed by atoms with E-state index in [0.29, 0.717) is 11.3 Å². The number of carbonyl (C=O) groups is 3. The molecule has 2 N–H and O–H groups in total. The fourth-order valence-corrected chi connectivity index (χ4v) is 6.09. The second-order valence-electron chi connectivity index (χ2n) is 8.07. The number of hydrogen-bond donors (Lipinski definition) is 2. The highest BCUT2D eigenvalue weighted by Crippen LogP contribution is 2.38. The first-order valence-corrected chi connectivity index (χ1v) is 12.9. The predicted molar refractivity (Wildman–Crippen MR) is 136 cm³/mol. The first-order valence-electron chi connectivity index (χ1n) is 11.0. The van der Waals surface area contributed by atoms with Crippen LogP contribution in [0.25, 0.3) is 10.1 Å². The highest BCUT2D eigenvalue weighted by molar-refractivity contribution is 8.00. The van der Waals surface area contributed by atoms with Crippen molar-refractivity contribution in [3.63, 3.8) is 0 Å². The van der Waals surface area contributed by atoms with Crippen molar-refractivity contribution in [2.75, 3.05) is 17.6 Å². The van der Waals surface area contributed by atoms with Crippen LogP contribution in [0.5, 0.6) is 0 Å². The second kappa shape index (κ2) is 9.99. The zero-order chi connectivity index (χ0) is 25.2. The maximum atomic E-state index is 12.8. The Labute approximate surface area is 213 Å². The summed E-state index contributed by atoms with van der Waals surface area (Å²) in [5, 5.41) is 19.2. The summed E-state index contributed by atoms with van der Waals surface area (Å²) in [4.78, 5) is 49.6. The molecule has 2 atom stereocenters. The summed E-state index contributed by atoms with van der Waals surface area (Å²) in [7, 11) is 0. The van der Waals surface area contributed by atoms with Crippen molar-refractivity contribution in [3.8, 4) is 0 Å². The van der Waals surface area contributed by atoms with Gasteiger partial charge in [0.15, 0.2) is 0 Å². The number of nitrogens with one attached hydrogen (secondary N) is 2. The van der Waals surface area contributed by atoms with Crippen LogP contribution in [0.15, 0.2) is 65.7 Å². The molecular formula is C24H20N4O6S2. The first kappa shape index (κ1) is 23.8. The maximum absolute atomic E-state index is 12.8. The van der Waals surface area contributed by atoms with Crippen LogP contribution in [0.1, 0.15) is 5.56 Å². The fourth-order valence-electron chi connectivity index (χ4n) is 3.98. The number of ether oxygens (including phenoxy) is 1.